The molecule has 2 aromatic rings. The van der Waals surface area contributed by atoms with Crippen molar-refractivity contribution in [3.63, 3.8) is 0 Å². The Bertz CT molecular complexity index is 1060. The lowest BCUT2D eigenvalue weighted by Crippen LogP contribution is -2.29. The minimum absolute atomic E-state index is 0.0757. The molecule has 1 aliphatic rings. The first-order valence-electron chi connectivity index (χ1n) is 14.1. The topological polar surface area (TPSA) is 68.7 Å². The number of carbonyl (C=O) groups is 1. The summed E-state index contributed by atoms with van der Waals surface area (Å²) in [6.07, 6.45) is 6.04. The molecule has 38 heavy (non-hydrogen) atoms. The van der Waals surface area contributed by atoms with Gasteiger partial charge in [0.25, 0.3) is 0 Å². The molecule has 6 heteroatoms. The highest BCUT2D eigenvalue weighted by Gasteiger charge is 2.36. The standard InChI is InChI=1S/C24H32ClNO3.C8H16O/c1-7-16(5)13-29-24-17(6)23(20(25)12-26-24)28-14-19-11-9-10-18(8-2)21(19)22(27)15(3)4;1-6(7-4-5-7)8(2,3)9/h9-12,15-16H,7-8,13-14H2,1-6H3;6-7,9H,4-5H2,1-3H3. The van der Waals surface area contributed by atoms with Crippen LogP contribution in [0.4, 0.5) is 0 Å². The van der Waals surface area contributed by atoms with Crippen LogP contribution >= 0.6 is 11.6 Å². The summed E-state index contributed by atoms with van der Waals surface area (Å²) in [7, 11) is 0. The van der Waals surface area contributed by atoms with E-state index in [1.54, 1.807) is 6.20 Å². The molecule has 1 N–H and O–H groups in total. The first-order valence-corrected chi connectivity index (χ1v) is 14.5. The Hall–Kier alpha value is -2.11. The van der Waals surface area contributed by atoms with E-state index in [1.165, 1.54) is 12.8 Å². The van der Waals surface area contributed by atoms with Crippen LogP contribution in [0.15, 0.2) is 24.4 Å². The highest BCUT2D eigenvalue weighted by Crippen LogP contribution is 2.41. The quantitative estimate of drug-likeness (QED) is 0.272. The summed E-state index contributed by atoms with van der Waals surface area (Å²) < 4.78 is 12.0. The molecule has 0 saturated heterocycles. The fraction of sp³-hybridized carbons (Fsp3) is 0.625. The van der Waals surface area contributed by atoms with Gasteiger partial charge in [-0.25, -0.2) is 4.98 Å². The number of aliphatic hydroxyl groups is 1. The molecule has 1 aliphatic carbocycles. The molecular formula is C32H48ClNO4. The van der Waals surface area contributed by atoms with Gasteiger partial charge in [0.2, 0.25) is 5.88 Å². The molecule has 1 fully saturated rings. The number of hydrogen-bond donors (Lipinski definition) is 1. The number of ketones is 1. The van der Waals surface area contributed by atoms with Crippen LogP contribution in [0.25, 0.3) is 0 Å². The smallest absolute Gasteiger partial charge is 0.220 e. The zero-order valence-corrected chi connectivity index (χ0v) is 25.6. The highest BCUT2D eigenvalue weighted by atomic mass is 35.5. The van der Waals surface area contributed by atoms with Gasteiger partial charge in [-0.05, 0) is 63.4 Å². The average Bonchev–Trinajstić information content (AvgIpc) is 3.72. The van der Waals surface area contributed by atoms with Gasteiger partial charge in [-0.15, -0.1) is 0 Å². The third-order valence-corrected chi connectivity index (χ3v) is 7.85. The Balaban J connectivity index is 0.000000474. The molecule has 212 valence electrons. The summed E-state index contributed by atoms with van der Waals surface area (Å²) in [5.41, 5.74) is 2.99. The van der Waals surface area contributed by atoms with E-state index in [2.05, 4.69) is 32.7 Å². The number of aryl methyl sites for hydroxylation is 1. The number of ether oxygens (including phenoxy) is 2. The minimum Gasteiger partial charge on any atom is -0.487 e. The van der Waals surface area contributed by atoms with Crippen LogP contribution in [-0.4, -0.2) is 28.1 Å². The maximum absolute atomic E-state index is 12.8. The highest BCUT2D eigenvalue weighted by molar-refractivity contribution is 6.32. The summed E-state index contributed by atoms with van der Waals surface area (Å²) in [5, 5.41) is 9.93. The van der Waals surface area contributed by atoms with E-state index >= 15 is 0 Å². The maximum Gasteiger partial charge on any atom is 0.220 e. The number of nitrogens with zero attached hydrogens (tertiary/aromatic N) is 1. The van der Waals surface area contributed by atoms with Gasteiger partial charge in [0.05, 0.1) is 24.0 Å². The van der Waals surface area contributed by atoms with Gasteiger partial charge in [-0.1, -0.05) is 77.8 Å². The predicted molar refractivity (Wildman–Crippen MR) is 156 cm³/mol. The van der Waals surface area contributed by atoms with Gasteiger partial charge in [-0.2, -0.15) is 0 Å². The molecule has 3 rings (SSSR count). The number of carbonyl (C=O) groups excluding carboxylic acids is 1. The summed E-state index contributed by atoms with van der Waals surface area (Å²) in [4.78, 5) is 17.1. The first kappa shape index (κ1) is 32.1. The zero-order valence-electron chi connectivity index (χ0n) is 24.9. The molecule has 1 saturated carbocycles. The van der Waals surface area contributed by atoms with Crippen molar-refractivity contribution in [2.75, 3.05) is 6.61 Å². The van der Waals surface area contributed by atoms with Crippen LogP contribution in [0.5, 0.6) is 11.6 Å². The van der Waals surface area contributed by atoms with Crippen molar-refractivity contribution >= 4 is 17.4 Å². The van der Waals surface area contributed by atoms with E-state index in [0.29, 0.717) is 35.1 Å². The summed E-state index contributed by atoms with van der Waals surface area (Å²) >= 11 is 6.36. The Morgan fingerprint density at radius 2 is 1.76 bits per heavy atom. The zero-order chi connectivity index (χ0) is 28.6. The monoisotopic (exact) mass is 545 g/mol. The van der Waals surface area contributed by atoms with Gasteiger partial charge in [0.1, 0.15) is 17.4 Å². The van der Waals surface area contributed by atoms with Crippen LogP contribution in [0.2, 0.25) is 5.02 Å². The number of halogens is 1. The van der Waals surface area contributed by atoms with Crippen LogP contribution < -0.4 is 9.47 Å². The van der Waals surface area contributed by atoms with E-state index in [9.17, 15) is 9.90 Å². The number of aromatic nitrogens is 1. The molecule has 0 bridgehead atoms. The van der Waals surface area contributed by atoms with Crippen molar-refractivity contribution < 1.29 is 19.4 Å². The molecule has 2 atom stereocenters. The van der Waals surface area contributed by atoms with E-state index in [4.69, 9.17) is 21.1 Å². The fourth-order valence-electron chi connectivity index (χ4n) is 4.21. The van der Waals surface area contributed by atoms with E-state index < -0.39 is 5.60 Å². The van der Waals surface area contributed by atoms with Crippen LogP contribution in [0, 0.1) is 30.6 Å². The van der Waals surface area contributed by atoms with Crippen molar-refractivity contribution in [3.05, 3.63) is 51.7 Å². The molecule has 0 spiro atoms. The number of Topliss-reactive ketones (excluding diaryl/α,β-unsaturated/α-hetero) is 1. The maximum atomic E-state index is 12.8. The van der Waals surface area contributed by atoms with E-state index in [-0.39, 0.29) is 18.3 Å². The molecule has 1 aromatic heterocycles. The molecule has 5 nitrogen and oxygen atoms in total. The Morgan fingerprint density at radius 1 is 1.13 bits per heavy atom. The van der Waals surface area contributed by atoms with Crippen molar-refractivity contribution in [1.29, 1.82) is 0 Å². The molecule has 1 heterocycles. The summed E-state index contributed by atoms with van der Waals surface area (Å²) in [6, 6.07) is 5.92. The van der Waals surface area contributed by atoms with E-state index in [0.717, 1.165) is 41.0 Å². The third kappa shape index (κ3) is 8.98. The second-order valence-corrected chi connectivity index (χ2v) is 12.0. The van der Waals surface area contributed by atoms with Gasteiger partial charge in [0, 0.05) is 17.0 Å². The van der Waals surface area contributed by atoms with Gasteiger partial charge in [0.15, 0.2) is 5.78 Å². The molecular weight excluding hydrogens is 498 g/mol. The second kappa shape index (κ2) is 14.3. The lowest BCUT2D eigenvalue weighted by molar-refractivity contribution is 0.0155. The van der Waals surface area contributed by atoms with Crippen molar-refractivity contribution in [2.45, 2.75) is 100 Å². The van der Waals surface area contributed by atoms with E-state index in [1.807, 2.05) is 52.8 Å². The average molecular weight is 546 g/mol. The van der Waals surface area contributed by atoms with Crippen molar-refractivity contribution in [1.82, 2.24) is 4.98 Å². The second-order valence-electron chi connectivity index (χ2n) is 11.6. The SMILES string of the molecule is CC(C1CC1)C(C)(C)O.CCc1cccc(COc2c(Cl)cnc(OCC(C)CC)c2C)c1C(=O)C(C)C. The predicted octanol–water partition coefficient (Wildman–Crippen LogP) is 8.25. The first-order chi connectivity index (χ1) is 17.8. The molecule has 0 radical (unpaired) electrons. The molecule has 1 aromatic carbocycles. The number of hydrogen-bond acceptors (Lipinski definition) is 5. The Kier molecular flexibility index (Phi) is 12.1. The van der Waals surface area contributed by atoms with Crippen LogP contribution in [-0.2, 0) is 13.0 Å². The van der Waals surface area contributed by atoms with Crippen molar-refractivity contribution in [2.24, 2.45) is 23.7 Å². The van der Waals surface area contributed by atoms with Gasteiger partial charge in [-0.3, -0.25) is 4.79 Å². The lowest BCUT2D eigenvalue weighted by atomic mass is 9.89. The summed E-state index contributed by atoms with van der Waals surface area (Å²) in [6.45, 7) is 18.8. The molecule has 2 unspecified atom stereocenters. The number of benzene rings is 1. The molecule has 0 aliphatic heterocycles. The number of rotatable bonds is 12. The van der Waals surface area contributed by atoms with Crippen LogP contribution in [0.1, 0.15) is 102 Å². The van der Waals surface area contributed by atoms with Crippen LogP contribution in [0.3, 0.4) is 0 Å². The summed E-state index contributed by atoms with van der Waals surface area (Å²) in [5.74, 6) is 2.88. The van der Waals surface area contributed by atoms with Crippen molar-refractivity contribution in [3.8, 4) is 11.6 Å². The largest absolute Gasteiger partial charge is 0.487 e. The fourth-order valence-corrected chi connectivity index (χ4v) is 4.45. The Morgan fingerprint density at radius 3 is 2.26 bits per heavy atom. The normalized spacial score (nSPS) is 14.9. The lowest BCUT2D eigenvalue weighted by Gasteiger charge is -2.25. The molecule has 0 amide bonds. The van der Waals surface area contributed by atoms with Gasteiger partial charge >= 0.3 is 0 Å². The minimum atomic E-state index is -0.457. The number of pyridine rings is 1. The Labute approximate surface area is 235 Å². The third-order valence-electron chi connectivity index (χ3n) is 7.58. The van der Waals surface area contributed by atoms with Gasteiger partial charge < -0.3 is 14.6 Å².